The summed E-state index contributed by atoms with van der Waals surface area (Å²) in [6, 6.07) is 3.26. The number of rotatable bonds is 4. The molecule has 178 valence electrons. The SMILES string of the molecule is C[C@H]1CC[C@H](Cn2cnc3nc(-c4noc(=O)[nH]4)nc(-c4cc(Cl)cc(C(F)(F)F)c4)c32)CC1. The molecule has 8 nitrogen and oxygen atoms in total. The van der Waals surface area contributed by atoms with E-state index in [1.54, 1.807) is 6.33 Å². The summed E-state index contributed by atoms with van der Waals surface area (Å²) >= 11 is 6.06. The van der Waals surface area contributed by atoms with Crippen LogP contribution in [0, 0.1) is 11.8 Å². The van der Waals surface area contributed by atoms with E-state index in [4.69, 9.17) is 11.6 Å². The number of H-pyrrole nitrogens is 1. The van der Waals surface area contributed by atoms with Gasteiger partial charge in [-0.2, -0.15) is 13.2 Å². The molecule has 0 spiro atoms. The molecule has 0 bridgehead atoms. The van der Waals surface area contributed by atoms with Crippen molar-refractivity contribution in [2.75, 3.05) is 0 Å². The fraction of sp³-hybridized carbons (Fsp3) is 0.409. The summed E-state index contributed by atoms with van der Waals surface area (Å²) in [5.74, 6) is 0.215. The summed E-state index contributed by atoms with van der Waals surface area (Å²) < 4.78 is 47.0. The van der Waals surface area contributed by atoms with E-state index in [0.717, 1.165) is 37.8 Å². The Hall–Kier alpha value is -3.21. The van der Waals surface area contributed by atoms with E-state index in [1.807, 2.05) is 4.57 Å². The molecule has 5 rings (SSSR count). The van der Waals surface area contributed by atoms with Gasteiger partial charge in [0.1, 0.15) is 11.2 Å². The maximum atomic E-state index is 13.5. The van der Waals surface area contributed by atoms with E-state index in [2.05, 4.69) is 36.5 Å². The van der Waals surface area contributed by atoms with E-state index in [1.165, 1.54) is 6.07 Å². The quantitative estimate of drug-likeness (QED) is 0.413. The second-order valence-electron chi connectivity index (χ2n) is 8.76. The third-order valence-electron chi connectivity index (χ3n) is 6.21. The van der Waals surface area contributed by atoms with Crippen LogP contribution in [0.25, 0.3) is 34.1 Å². The summed E-state index contributed by atoms with van der Waals surface area (Å²) in [7, 11) is 0. The van der Waals surface area contributed by atoms with Gasteiger partial charge in [0.15, 0.2) is 5.65 Å². The van der Waals surface area contributed by atoms with Crippen LogP contribution in [0.5, 0.6) is 0 Å². The number of hydrogen-bond acceptors (Lipinski definition) is 6. The average molecular weight is 493 g/mol. The predicted octanol–water partition coefficient (Wildman–Crippen LogP) is 5.34. The molecule has 12 heteroatoms. The van der Waals surface area contributed by atoms with Gasteiger partial charge in [0.25, 0.3) is 0 Å². The van der Waals surface area contributed by atoms with Gasteiger partial charge in [0.05, 0.1) is 11.9 Å². The summed E-state index contributed by atoms with van der Waals surface area (Å²) in [4.78, 5) is 27.0. The molecule has 1 aliphatic carbocycles. The lowest BCUT2D eigenvalue weighted by Gasteiger charge is -2.26. The highest BCUT2D eigenvalue weighted by Gasteiger charge is 2.32. The Labute approximate surface area is 196 Å². The summed E-state index contributed by atoms with van der Waals surface area (Å²) in [6.07, 6.45) is 1.41. The molecule has 34 heavy (non-hydrogen) atoms. The van der Waals surface area contributed by atoms with Crippen molar-refractivity contribution in [1.29, 1.82) is 0 Å². The Bertz CT molecular complexity index is 1400. The minimum atomic E-state index is -4.59. The fourth-order valence-corrected chi connectivity index (χ4v) is 4.67. The molecular weight excluding hydrogens is 473 g/mol. The molecule has 3 aromatic heterocycles. The van der Waals surface area contributed by atoms with Gasteiger partial charge in [-0.3, -0.25) is 9.51 Å². The second kappa shape index (κ2) is 8.53. The van der Waals surface area contributed by atoms with Gasteiger partial charge in [-0.15, -0.1) is 0 Å². The number of aromatic nitrogens is 6. The van der Waals surface area contributed by atoms with Crippen molar-refractivity contribution in [2.24, 2.45) is 11.8 Å². The Balaban J connectivity index is 1.68. The molecule has 0 unspecified atom stereocenters. The third-order valence-corrected chi connectivity index (χ3v) is 6.43. The molecule has 0 amide bonds. The smallest absolute Gasteiger partial charge is 0.327 e. The van der Waals surface area contributed by atoms with Crippen molar-refractivity contribution >= 4 is 22.8 Å². The van der Waals surface area contributed by atoms with Gasteiger partial charge >= 0.3 is 11.9 Å². The van der Waals surface area contributed by atoms with Crippen molar-refractivity contribution in [3.8, 4) is 22.9 Å². The molecule has 1 N–H and O–H groups in total. The lowest BCUT2D eigenvalue weighted by atomic mass is 9.83. The van der Waals surface area contributed by atoms with E-state index < -0.39 is 17.5 Å². The Morgan fingerprint density at radius 3 is 2.62 bits per heavy atom. The predicted molar refractivity (Wildman–Crippen MR) is 118 cm³/mol. The van der Waals surface area contributed by atoms with E-state index in [9.17, 15) is 18.0 Å². The zero-order chi connectivity index (χ0) is 24.0. The van der Waals surface area contributed by atoms with Crippen LogP contribution in [0.2, 0.25) is 5.02 Å². The number of aromatic amines is 1. The van der Waals surface area contributed by atoms with Crippen molar-refractivity contribution in [2.45, 2.75) is 45.3 Å². The minimum absolute atomic E-state index is 0.0291. The second-order valence-corrected chi connectivity index (χ2v) is 9.20. The highest BCUT2D eigenvalue weighted by Crippen LogP contribution is 2.37. The molecule has 0 atom stereocenters. The lowest BCUT2D eigenvalue weighted by Crippen LogP contribution is -2.17. The van der Waals surface area contributed by atoms with Gasteiger partial charge < -0.3 is 4.57 Å². The Kier molecular flexibility index (Phi) is 5.67. The first kappa shape index (κ1) is 22.6. The molecular formula is C22H20ClF3N6O2. The highest BCUT2D eigenvalue weighted by atomic mass is 35.5. The monoisotopic (exact) mass is 492 g/mol. The molecule has 1 aliphatic rings. The van der Waals surface area contributed by atoms with E-state index >= 15 is 0 Å². The molecule has 0 radical (unpaired) electrons. The third kappa shape index (κ3) is 4.44. The highest BCUT2D eigenvalue weighted by molar-refractivity contribution is 6.31. The van der Waals surface area contributed by atoms with E-state index in [0.29, 0.717) is 23.9 Å². The van der Waals surface area contributed by atoms with Gasteiger partial charge in [-0.1, -0.05) is 36.5 Å². The van der Waals surface area contributed by atoms with Crippen LogP contribution in [0.15, 0.2) is 33.8 Å². The number of halogens is 4. The minimum Gasteiger partial charge on any atom is -0.327 e. The van der Waals surface area contributed by atoms with Gasteiger partial charge in [-0.25, -0.2) is 19.7 Å². The maximum Gasteiger partial charge on any atom is 0.439 e. The van der Waals surface area contributed by atoms with Crippen molar-refractivity contribution < 1.29 is 17.7 Å². The molecule has 1 aromatic carbocycles. The van der Waals surface area contributed by atoms with Crippen molar-refractivity contribution in [1.82, 2.24) is 29.7 Å². The number of hydrogen-bond donors (Lipinski definition) is 1. The van der Waals surface area contributed by atoms with Crippen LogP contribution in [-0.4, -0.2) is 29.7 Å². The summed E-state index contributed by atoms with van der Waals surface area (Å²) in [6.45, 7) is 2.88. The lowest BCUT2D eigenvalue weighted by molar-refractivity contribution is -0.137. The Morgan fingerprint density at radius 2 is 1.94 bits per heavy atom. The topological polar surface area (TPSA) is 102 Å². The van der Waals surface area contributed by atoms with Crippen LogP contribution >= 0.6 is 11.6 Å². The molecule has 1 saturated carbocycles. The summed E-state index contributed by atoms with van der Waals surface area (Å²) in [5, 5.41) is 3.52. The van der Waals surface area contributed by atoms with Crippen molar-refractivity contribution in [3.63, 3.8) is 0 Å². The van der Waals surface area contributed by atoms with Crippen LogP contribution in [-0.2, 0) is 12.7 Å². The van der Waals surface area contributed by atoms with Crippen LogP contribution in [0.1, 0.15) is 38.2 Å². The Morgan fingerprint density at radius 1 is 1.18 bits per heavy atom. The zero-order valence-electron chi connectivity index (χ0n) is 18.1. The molecule has 1 fully saturated rings. The number of imidazole rings is 1. The number of benzene rings is 1. The molecule has 3 heterocycles. The van der Waals surface area contributed by atoms with E-state index in [-0.39, 0.29) is 33.6 Å². The first-order valence-electron chi connectivity index (χ1n) is 10.8. The molecule has 0 aliphatic heterocycles. The number of nitrogens with one attached hydrogen (secondary N) is 1. The van der Waals surface area contributed by atoms with Gasteiger partial charge in [-0.05, 0) is 42.9 Å². The molecule has 4 aromatic rings. The van der Waals surface area contributed by atoms with Crippen LogP contribution in [0.3, 0.4) is 0 Å². The summed E-state index contributed by atoms with van der Waals surface area (Å²) in [5.41, 5.74) is 0.215. The normalized spacial score (nSPS) is 19.1. The average Bonchev–Trinajstić information content (AvgIpc) is 3.40. The molecule has 0 saturated heterocycles. The number of alkyl halides is 3. The van der Waals surface area contributed by atoms with Crippen LogP contribution < -0.4 is 5.76 Å². The first-order chi connectivity index (χ1) is 16.2. The fourth-order valence-electron chi connectivity index (χ4n) is 4.43. The number of nitrogens with zero attached hydrogens (tertiary/aromatic N) is 5. The zero-order valence-corrected chi connectivity index (χ0v) is 18.8. The first-order valence-corrected chi connectivity index (χ1v) is 11.2. The van der Waals surface area contributed by atoms with Gasteiger partial charge in [0, 0.05) is 17.1 Å². The van der Waals surface area contributed by atoms with Crippen molar-refractivity contribution in [3.05, 3.63) is 45.7 Å². The van der Waals surface area contributed by atoms with Crippen LogP contribution in [0.4, 0.5) is 13.2 Å². The largest absolute Gasteiger partial charge is 0.439 e. The maximum absolute atomic E-state index is 13.5. The standard InChI is InChI=1S/C22H20ClF3N6O2/c1-11-2-4-12(5-3-11)9-32-10-27-18-17(32)16(28-19(29-18)20-30-21(33)34-31-20)13-6-14(22(24,25)26)8-15(23)7-13/h6-8,10-12H,2-5,9H2,1H3,(H,30,31,33)/t11-,12-. The van der Waals surface area contributed by atoms with Gasteiger partial charge in [0.2, 0.25) is 11.6 Å². The number of fused-ring (bicyclic) bond motifs is 1.